The fourth-order valence-corrected chi connectivity index (χ4v) is 4.40. The number of carbonyl (C=O) groups is 1. The number of halogens is 1. The van der Waals surface area contributed by atoms with E-state index in [2.05, 4.69) is 30.5 Å². The van der Waals surface area contributed by atoms with Crippen LogP contribution in [0.3, 0.4) is 0 Å². The van der Waals surface area contributed by atoms with E-state index in [1.54, 1.807) is 0 Å². The second-order valence-electron chi connectivity index (χ2n) is 6.78. The fourth-order valence-electron chi connectivity index (χ4n) is 4.12. The van der Waals surface area contributed by atoms with Crippen molar-refractivity contribution in [3.63, 3.8) is 0 Å². The van der Waals surface area contributed by atoms with Crippen LogP contribution in [0.15, 0.2) is 48.6 Å². The normalized spacial score (nSPS) is 23.6. The molecular formula is C21H20ClNO2. The molecule has 1 N–H and O–H groups in total. The van der Waals surface area contributed by atoms with Gasteiger partial charge < -0.3 is 10.1 Å². The Morgan fingerprint density at radius 2 is 2.00 bits per heavy atom. The minimum atomic E-state index is -0.306. The van der Waals surface area contributed by atoms with Crippen molar-refractivity contribution in [1.29, 1.82) is 0 Å². The summed E-state index contributed by atoms with van der Waals surface area (Å²) in [5.41, 5.74) is 5.39. The Kier molecular flexibility index (Phi) is 4.04. The monoisotopic (exact) mass is 353 g/mol. The highest BCUT2D eigenvalue weighted by atomic mass is 35.5. The highest BCUT2D eigenvalue weighted by molar-refractivity contribution is 6.30. The van der Waals surface area contributed by atoms with E-state index in [1.807, 2.05) is 30.3 Å². The lowest BCUT2D eigenvalue weighted by Crippen LogP contribution is -2.29. The molecule has 0 radical (unpaired) electrons. The molecular weight excluding hydrogens is 334 g/mol. The third-order valence-electron chi connectivity index (χ3n) is 5.32. The van der Waals surface area contributed by atoms with Crippen LogP contribution < -0.4 is 5.32 Å². The van der Waals surface area contributed by atoms with Gasteiger partial charge in [0, 0.05) is 16.6 Å². The molecule has 1 heterocycles. The zero-order valence-electron chi connectivity index (χ0n) is 14.3. The van der Waals surface area contributed by atoms with Crippen molar-refractivity contribution in [3.05, 3.63) is 75.8 Å². The van der Waals surface area contributed by atoms with E-state index < -0.39 is 0 Å². The Hall–Kier alpha value is -2.26. The van der Waals surface area contributed by atoms with E-state index in [1.165, 1.54) is 23.9 Å². The van der Waals surface area contributed by atoms with Crippen LogP contribution >= 0.6 is 11.6 Å². The summed E-state index contributed by atoms with van der Waals surface area (Å²) in [5.74, 6) is 0.521. The molecule has 0 aromatic heterocycles. The number of ether oxygens (including phenoxy) is 1. The highest BCUT2D eigenvalue weighted by Gasteiger charge is 2.38. The molecule has 2 aromatic rings. The van der Waals surface area contributed by atoms with Gasteiger partial charge in [-0.05, 0) is 60.2 Å². The minimum absolute atomic E-state index is 0.207. The third-order valence-corrected chi connectivity index (χ3v) is 5.54. The number of benzene rings is 2. The number of hydrogen-bond acceptors (Lipinski definition) is 3. The van der Waals surface area contributed by atoms with E-state index in [-0.39, 0.29) is 12.0 Å². The van der Waals surface area contributed by atoms with E-state index in [9.17, 15) is 4.79 Å². The summed E-state index contributed by atoms with van der Waals surface area (Å²) in [6.45, 7) is 2.09. The zero-order chi connectivity index (χ0) is 17.6. The maximum atomic E-state index is 11.7. The van der Waals surface area contributed by atoms with Crippen molar-refractivity contribution in [1.82, 2.24) is 0 Å². The number of rotatable bonds is 2. The number of esters is 1. The summed E-state index contributed by atoms with van der Waals surface area (Å²) in [4.78, 5) is 11.7. The summed E-state index contributed by atoms with van der Waals surface area (Å²) >= 11 is 6.29. The standard InChI is InChI=1S/C21H20ClNO2/c1-12-10-15(22)11-18-16-4-3-5-17(16)20(23-19(12)18)13-6-8-14(9-7-13)21(24)25-2/h3-4,6-11,16-17,20,23H,5H2,1-2H3/t16-,17+,20+/m1/s1. The molecule has 2 aliphatic rings. The lowest BCUT2D eigenvalue weighted by atomic mass is 9.76. The van der Waals surface area contributed by atoms with Gasteiger partial charge in [-0.25, -0.2) is 4.79 Å². The van der Waals surface area contributed by atoms with Gasteiger partial charge in [-0.15, -0.1) is 0 Å². The summed E-state index contributed by atoms with van der Waals surface area (Å²) < 4.78 is 4.79. The van der Waals surface area contributed by atoms with Crippen LogP contribution in [0.25, 0.3) is 0 Å². The van der Waals surface area contributed by atoms with Gasteiger partial charge in [0.25, 0.3) is 0 Å². The maximum absolute atomic E-state index is 11.7. The van der Waals surface area contributed by atoms with Gasteiger partial charge in [0.05, 0.1) is 18.7 Å². The molecule has 4 heteroatoms. The first-order valence-corrected chi connectivity index (χ1v) is 8.88. The smallest absolute Gasteiger partial charge is 0.337 e. The number of hydrogen-bond donors (Lipinski definition) is 1. The summed E-state index contributed by atoms with van der Waals surface area (Å²) in [7, 11) is 1.40. The largest absolute Gasteiger partial charge is 0.465 e. The first-order chi connectivity index (χ1) is 12.1. The van der Waals surface area contributed by atoms with Crippen LogP contribution in [-0.2, 0) is 4.74 Å². The van der Waals surface area contributed by atoms with Crippen molar-refractivity contribution in [3.8, 4) is 0 Å². The van der Waals surface area contributed by atoms with Gasteiger partial charge >= 0.3 is 5.97 Å². The first-order valence-electron chi connectivity index (χ1n) is 8.50. The van der Waals surface area contributed by atoms with Crippen molar-refractivity contribution >= 4 is 23.3 Å². The fraction of sp³-hybridized carbons (Fsp3) is 0.286. The van der Waals surface area contributed by atoms with Crippen molar-refractivity contribution < 1.29 is 9.53 Å². The number of carbonyl (C=O) groups excluding carboxylic acids is 1. The Morgan fingerprint density at radius 3 is 2.72 bits per heavy atom. The molecule has 0 saturated carbocycles. The number of methoxy groups -OCH3 is 1. The second-order valence-corrected chi connectivity index (χ2v) is 7.21. The molecule has 0 unspecified atom stereocenters. The van der Waals surface area contributed by atoms with Crippen LogP contribution in [0.1, 0.15) is 45.4 Å². The van der Waals surface area contributed by atoms with E-state index >= 15 is 0 Å². The van der Waals surface area contributed by atoms with Gasteiger partial charge in [0.15, 0.2) is 0 Å². The molecule has 128 valence electrons. The van der Waals surface area contributed by atoms with Gasteiger partial charge in [-0.2, -0.15) is 0 Å². The molecule has 0 bridgehead atoms. The number of nitrogens with one attached hydrogen (secondary N) is 1. The first kappa shape index (κ1) is 16.2. The Labute approximate surface area is 152 Å². The molecule has 4 rings (SSSR count). The molecule has 0 saturated heterocycles. The molecule has 1 aliphatic carbocycles. The Morgan fingerprint density at radius 1 is 1.24 bits per heavy atom. The Balaban J connectivity index is 1.73. The maximum Gasteiger partial charge on any atom is 0.337 e. The van der Waals surface area contributed by atoms with Gasteiger partial charge in [-0.3, -0.25) is 0 Å². The number of aryl methyl sites for hydroxylation is 1. The number of fused-ring (bicyclic) bond motifs is 3. The topological polar surface area (TPSA) is 38.3 Å². The number of anilines is 1. The number of allylic oxidation sites excluding steroid dienone is 2. The van der Waals surface area contributed by atoms with Gasteiger partial charge in [0.1, 0.15) is 0 Å². The molecule has 0 fully saturated rings. The molecule has 1 aliphatic heterocycles. The van der Waals surface area contributed by atoms with Crippen molar-refractivity contribution in [2.45, 2.75) is 25.3 Å². The van der Waals surface area contributed by atoms with E-state index in [0.717, 1.165) is 17.0 Å². The molecule has 3 atom stereocenters. The zero-order valence-corrected chi connectivity index (χ0v) is 15.0. The van der Waals surface area contributed by atoms with E-state index in [0.29, 0.717) is 17.4 Å². The second kappa shape index (κ2) is 6.23. The molecule has 0 spiro atoms. The van der Waals surface area contributed by atoms with Crippen LogP contribution in [-0.4, -0.2) is 13.1 Å². The van der Waals surface area contributed by atoms with Crippen molar-refractivity contribution in [2.24, 2.45) is 5.92 Å². The van der Waals surface area contributed by atoms with Gasteiger partial charge in [0.2, 0.25) is 0 Å². The highest BCUT2D eigenvalue weighted by Crippen LogP contribution is 2.51. The SMILES string of the molecule is COC(=O)c1ccc([C@@H]2Nc3c(C)cc(Cl)cc3[C@@H]3C=CC[C@@H]32)cc1. The van der Waals surface area contributed by atoms with Crippen LogP contribution in [0, 0.1) is 12.8 Å². The third kappa shape index (κ3) is 2.73. The van der Waals surface area contributed by atoms with Crippen molar-refractivity contribution in [2.75, 3.05) is 12.4 Å². The lowest BCUT2D eigenvalue weighted by molar-refractivity contribution is 0.0600. The minimum Gasteiger partial charge on any atom is -0.465 e. The lowest BCUT2D eigenvalue weighted by Gasteiger charge is -2.38. The summed E-state index contributed by atoms with van der Waals surface area (Å²) in [5, 5.41) is 4.52. The van der Waals surface area contributed by atoms with Gasteiger partial charge in [-0.1, -0.05) is 35.9 Å². The molecule has 3 nitrogen and oxygen atoms in total. The Bertz CT molecular complexity index is 857. The predicted molar refractivity (Wildman–Crippen MR) is 100 cm³/mol. The van der Waals surface area contributed by atoms with Crippen LogP contribution in [0.2, 0.25) is 5.02 Å². The molecule has 0 amide bonds. The van der Waals surface area contributed by atoms with E-state index in [4.69, 9.17) is 16.3 Å². The summed E-state index contributed by atoms with van der Waals surface area (Å²) in [6.07, 6.45) is 5.60. The van der Waals surface area contributed by atoms with Crippen LogP contribution in [0.5, 0.6) is 0 Å². The van der Waals surface area contributed by atoms with Crippen LogP contribution in [0.4, 0.5) is 5.69 Å². The predicted octanol–water partition coefficient (Wildman–Crippen LogP) is 5.26. The average Bonchev–Trinajstić information content (AvgIpc) is 3.11. The quantitative estimate of drug-likeness (QED) is 0.591. The molecule has 25 heavy (non-hydrogen) atoms. The molecule has 2 aromatic carbocycles. The average molecular weight is 354 g/mol. The summed E-state index contributed by atoms with van der Waals surface area (Å²) in [6, 6.07) is 12.0.